The lowest BCUT2D eigenvalue weighted by atomic mass is 10.2. The number of alkyl carbamates (subject to hydrolysis) is 1. The van der Waals surface area contributed by atoms with Crippen molar-refractivity contribution >= 4 is 6.09 Å². The standard InChI is InChI=1S/C15H28N4O2/c1-11(18-14(20)21-15(3,4)5)7-8-16-12(2)13-17-9-10-19(13)6/h9-12,16H,7-8H2,1-6H3,(H,18,20). The number of nitrogens with zero attached hydrogens (tertiary/aromatic N) is 2. The molecule has 2 atom stereocenters. The molecule has 0 radical (unpaired) electrons. The summed E-state index contributed by atoms with van der Waals surface area (Å²) in [6, 6.07) is 0.236. The van der Waals surface area contributed by atoms with Crippen molar-refractivity contribution in [1.82, 2.24) is 20.2 Å². The first kappa shape index (κ1) is 17.5. The Hall–Kier alpha value is -1.56. The third-order valence-electron chi connectivity index (χ3n) is 3.04. The van der Waals surface area contributed by atoms with E-state index in [0.717, 1.165) is 18.8 Å². The van der Waals surface area contributed by atoms with Crippen molar-refractivity contribution in [2.75, 3.05) is 6.54 Å². The quantitative estimate of drug-likeness (QED) is 0.845. The minimum absolute atomic E-state index is 0.0564. The molecule has 0 aliphatic carbocycles. The molecule has 6 heteroatoms. The molecule has 1 aromatic heterocycles. The van der Waals surface area contributed by atoms with Gasteiger partial charge in [-0.2, -0.15) is 0 Å². The minimum atomic E-state index is -0.464. The van der Waals surface area contributed by atoms with Crippen molar-refractivity contribution in [2.24, 2.45) is 7.05 Å². The Kier molecular flexibility index (Phi) is 6.20. The second-order valence-electron chi connectivity index (χ2n) is 6.41. The summed E-state index contributed by atoms with van der Waals surface area (Å²) < 4.78 is 7.23. The maximum absolute atomic E-state index is 11.6. The Balaban J connectivity index is 2.26. The number of carbonyl (C=O) groups is 1. The van der Waals surface area contributed by atoms with Crippen molar-refractivity contribution in [3.63, 3.8) is 0 Å². The highest BCUT2D eigenvalue weighted by molar-refractivity contribution is 5.67. The van der Waals surface area contributed by atoms with Gasteiger partial charge in [0.1, 0.15) is 11.4 Å². The van der Waals surface area contributed by atoms with Crippen LogP contribution < -0.4 is 10.6 Å². The van der Waals surface area contributed by atoms with Gasteiger partial charge in [0.05, 0.1) is 6.04 Å². The molecule has 21 heavy (non-hydrogen) atoms. The molecule has 2 unspecified atom stereocenters. The second-order valence-corrected chi connectivity index (χ2v) is 6.41. The van der Waals surface area contributed by atoms with Crippen molar-refractivity contribution in [2.45, 2.75) is 58.7 Å². The molecule has 120 valence electrons. The molecule has 1 amide bonds. The van der Waals surface area contributed by atoms with Gasteiger partial charge in [0, 0.05) is 25.5 Å². The Labute approximate surface area is 127 Å². The first-order valence-corrected chi connectivity index (χ1v) is 7.39. The summed E-state index contributed by atoms with van der Waals surface area (Å²) in [5.74, 6) is 1.00. The van der Waals surface area contributed by atoms with E-state index in [1.54, 1.807) is 6.20 Å². The summed E-state index contributed by atoms with van der Waals surface area (Å²) in [5.41, 5.74) is -0.464. The summed E-state index contributed by atoms with van der Waals surface area (Å²) >= 11 is 0. The van der Waals surface area contributed by atoms with Crippen LogP contribution in [0.25, 0.3) is 0 Å². The summed E-state index contributed by atoms with van der Waals surface area (Å²) in [6.45, 7) is 10.4. The van der Waals surface area contributed by atoms with E-state index in [9.17, 15) is 4.79 Å². The summed E-state index contributed by atoms with van der Waals surface area (Å²) in [4.78, 5) is 15.9. The average molecular weight is 296 g/mol. The molecule has 0 bridgehead atoms. The molecule has 0 fully saturated rings. The van der Waals surface area contributed by atoms with Crippen LogP contribution in [0.4, 0.5) is 4.79 Å². The average Bonchev–Trinajstić information content (AvgIpc) is 2.72. The largest absolute Gasteiger partial charge is 0.444 e. The van der Waals surface area contributed by atoms with E-state index in [1.807, 2.05) is 45.5 Å². The van der Waals surface area contributed by atoms with Crippen LogP contribution in [-0.4, -0.2) is 33.8 Å². The Morgan fingerprint density at radius 1 is 1.43 bits per heavy atom. The van der Waals surface area contributed by atoms with Crippen molar-refractivity contribution in [3.05, 3.63) is 18.2 Å². The summed E-state index contributed by atoms with van der Waals surface area (Å²) in [7, 11) is 1.98. The number of aryl methyl sites for hydroxylation is 1. The molecule has 0 aliphatic rings. The number of rotatable bonds is 6. The van der Waals surface area contributed by atoms with Gasteiger partial charge in [0.2, 0.25) is 0 Å². The zero-order valence-corrected chi connectivity index (χ0v) is 13.9. The highest BCUT2D eigenvalue weighted by Gasteiger charge is 2.17. The van der Waals surface area contributed by atoms with E-state index in [-0.39, 0.29) is 18.2 Å². The third-order valence-corrected chi connectivity index (χ3v) is 3.04. The molecule has 6 nitrogen and oxygen atoms in total. The van der Waals surface area contributed by atoms with Crippen LogP contribution in [0.5, 0.6) is 0 Å². The SMILES string of the molecule is CC(CCNC(C)c1nccn1C)NC(=O)OC(C)(C)C. The van der Waals surface area contributed by atoms with E-state index >= 15 is 0 Å². The Morgan fingerprint density at radius 3 is 2.62 bits per heavy atom. The molecular formula is C15H28N4O2. The maximum Gasteiger partial charge on any atom is 0.407 e. The predicted octanol–water partition coefficient (Wildman–Crippen LogP) is 2.37. The van der Waals surface area contributed by atoms with Crippen LogP contribution in [0.15, 0.2) is 12.4 Å². The third kappa shape index (κ3) is 6.62. The van der Waals surface area contributed by atoms with Crippen LogP contribution >= 0.6 is 0 Å². The fraction of sp³-hybridized carbons (Fsp3) is 0.733. The number of hydrogen-bond acceptors (Lipinski definition) is 4. The molecule has 0 aromatic carbocycles. The van der Waals surface area contributed by atoms with Crippen LogP contribution in [0, 0.1) is 0 Å². The van der Waals surface area contributed by atoms with Gasteiger partial charge >= 0.3 is 6.09 Å². The van der Waals surface area contributed by atoms with Gasteiger partial charge in [-0.3, -0.25) is 0 Å². The highest BCUT2D eigenvalue weighted by Crippen LogP contribution is 2.09. The van der Waals surface area contributed by atoms with Crippen LogP contribution in [0.3, 0.4) is 0 Å². The van der Waals surface area contributed by atoms with Gasteiger partial charge in [-0.05, 0) is 47.6 Å². The molecule has 1 heterocycles. The normalized spacial score (nSPS) is 14.6. The number of hydrogen-bond donors (Lipinski definition) is 2. The van der Waals surface area contributed by atoms with E-state index in [1.165, 1.54) is 0 Å². The molecule has 0 aliphatic heterocycles. The smallest absolute Gasteiger partial charge is 0.407 e. The lowest BCUT2D eigenvalue weighted by Crippen LogP contribution is -2.39. The van der Waals surface area contributed by atoms with Gasteiger partial charge in [0.25, 0.3) is 0 Å². The van der Waals surface area contributed by atoms with Crippen LogP contribution in [0.1, 0.15) is 52.9 Å². The van der Waals surface area contributed by atoms with Gasteiger partial charge in [-0.1, -0.05) is 0 Å². The predicted molar refractivity (Wildman–Crippen MR) is 83.1 cm³/mol. The lowest BCUT2D eigenvalue weighted by Gasteiger charge is -2.22. The zero-order valence-electron chi connectivity index (χ0n) is 13.9. The Morgan fingerprint density at radius 2 is 2.10 bits per heavy atom. The van der Waals surface area contributed by atoms with E-state index < -0.39 is 5.60 Å². The van der Waals surface area contributed by atoms with Crippen molar-refractivity contribution in [1.29, 1.82) is 0 Å². The molecule has 0 saturated carbocycles. The number of aromatic nitrogens is 2. The van der Waals surface area contributed by atoms with Crippen molar-refractivity contribution < 1.29 is 9.53 Å². The molecule has 1 rings (SSSR count). The second kappa shape index (κ2) is 7.45. The van der Waals surface area contributed by atoms with Crippen LogP contribution in [-0.2, 0) is 11.8 Å². The zero-order chi connectivity index (χ0) is 16.0. The first-order chi connectivity index (χ1) is 9.69. The van der Waals surface area contributed by atoms with E-state index in [2.05, 4.69) is 22.5 Å². The van der Waals surface area contributed by atoms with Gasteiger partial charge in [0.15, 0.2) is 0 Å². The van der Waals surface area contributed by atoms with Gasteiger partial charge in [-0.25, -0.2) is 9.78 Å². The van der Waals surface area contributed by atoms with Crippen molar-refractivity contribution in [3.8, 4) is 0 Å². The number of carbonyl (C=O) groups excluding carboxylic acids is 1. The molecule has 0 saturated heterocycles. The number of nitrogens with one attached hydrogen (secondary N) is 2. The van der Waals surface area contributed by atoms with Crippen LogP contribution in [0.2, 0.25) is 0 Å². The molecule has 0 spiro atoms. The fourth-order valence-electron chi connectivity index (χ4n) is 1.98. The van der Waals surface area contributed by atoms with E-state index in [0.29, 0.717) is 0 Å². The topological polar surface area (TPSA) is 68.2 Å². The van der Waals surface area contributed by atoms with Gasteiger partial charge < -0.3 is 19.9 Å². The number of ether oxygens (including phenoxy) is 1. The van der Waals surface area contributed by atoms with Gasteiger partial charge in [-0.15, -0.1) is 0 Å². The summed E-state index contributed by atoms with van der Waals surface area (Å²) in [5, 5.41) is 6.24. The number of amides is 1. The Bertz CT molecular complexity index is 451. The summed E-state index contributed by atoms with van der Waals surface area (Å²) in [6.07, 6.45) is 4.18. The number of imidazole rings is 1. The van der Waals surface area contributed by atoms with E-state index in [4.69, 9.17) is 4.74 Å². The maximum atomic E-state index is 11.6. The molecule has 1 aromatic rings. The molecular weight excluding hydrogens is 268 g/mol. The molecule has 2 N–H and O–H groups in total. The lowest BCUT2D eigenvalue weighted by molar-refractivity contribution is 0.0506. The monoisotopic (exact) mass is 296 g/mol. The highest BCUT2D eigenvalue weighted by atomic mass is 16.6. The first-order valence-electron chi connectivity index (χ1n) is 7.39. The minimum Gasteiger partial charge on any atom is -0.444 e. The fourth-order valence-corrected chi connectivity index (χ4v) is 1.98.